The van der Waals surface area contributed by atoms with Crippen LogP contribution in [-0.4, -0.2) is 27.2 Å². The summed E-state index contributed by atoms with van der Waals surface area (Å²) in [6, 6.07) is 36.1. The molecule has 184 valence electrons. The average Bonchev–Trinajstić information content (AvgIpc) is 3.37. The van der Waals surface area contributed by atoms with Crippen molar-refractivity contribution in [1.29, 1.82) is 0 Å². The van der Waals surface area contributed by atoms with E-state index >= 15 is 0 Å². The van der Waals surface area contributed by atoms with E-state index in [0.29, 0.717) is 11.8 Å². The predicted octanol–water partition coefficient (Wildman–Crippen LogP) is 6.63. The summed E-state index contributed by atoms with van der Waals surface area (Å²) in [5.74, 6) is 3.11. The Labute approximate surface area is 223 Å². The molecule has 10 rings (SSSR count). The third-order valence-electron chi connectivity index (χ3n) is 9.42. The second-order valence-corrected chi connectivity index (χ2v) is 11.1. The molecule has 4 aromatic rings. The Bertz CT molecular complexity index is 1570. The minimum Gasteiger partial charge on any atom is -0.326 e. The van der Waals surface area contributed by atoms with Gasteiger partial charge in [0.25, 0.3) is 0 Å². The normalized spacial score (nSPS) is 21.8. The maximum atomic E-state index is 2.58. The van der Waals surface area contributed by atoms with Gasteiger partial charge in [0.2, 0.25) is 0 Å². The smallest absolute Gasteiger partial charge is 0.156 e. The van der Waals surface area contributed by atoms with Gasteiger partial charge in [-0.25, -0.2) is 0 Å². The zero-order valence-electron chi connectivity index (χ0n) is 21.6. The largest absolute Gasteiger partial charge is 0.326 e. The first-order chi connectivity index (χ1) is 18.7. The zero-order valence-corrected chi connectivity index (χ0v) is 21.6. The van der Waals surface area contributed by atoms with Crippen LogP contribution in [0, 0.1) is 0 Å². The van der Waals surface area contributed by atoms with Crippen molar-refractivity contribution in [3.63, 3.8) is 0 Å². The number of para-hydroxylation sites is 4. The van der Waals surface area contributed by atoms with E-state index in [-0.39, 0.29) is 0 Å². The first kappa shape index (κ1) is 20.6. The van der Waals surface area contributed by atoms with Gasteiger partial charge < -0.3 is 19.6 Å². The highest BCUT2D eigenvalue weighted by atomic mass is 15.5. The number of rotatable bonds is 0. The van der Waals surface area contributed by atoms with Gasteiger partial charge in [-0.2, -0.15) is 0 Å². The van der Waals surface area contributed by atoms with Gasteiger partial charge in [-0.15, -0.1) is 0 Å². The topological polar surface area (TPSA) is 13.0 Å². The Hall–Kier alpha value is -4.44. The molecule has 0 saturated carbocycles. The van der Waals surface area contributed by atoms with Gasteiger partial charge in [0, 0.05) is 39.0 Å². The first-order valence-electron chi connectivity index (χ1n) is 13.6. The predicted molar refractivity (Wildman–Crippen MR) is 155 cm³/mol. The van der Waals surface area contributed by atoms with E-state index in [1.165, 1.54) is 56.6 Å². The van der Waals surface area contributed by atoms with Crippen LogP contribution in [0.1, 0.15) is 34.1 Å². The molecule has 0 fully saturated rings. The Morgan fingerprint density at radius 3 is 1.13 bits per heavy atom. The van der Waals surface area contributed by atoms with Crippen LogP contribution in [0.25, 0.3) is 0 Å². The van der Waals surface area contributed by atoms with Gasteiger partial charge >= 0.3 is 0 Å². The van der Waals surface area contributed by atoms with Gasteiger partial charge in [-0.1, -0.05) is 72.8 Å². The van der Waals surface area contributed by atoms with Crippen molar-refractivity contribution in [3.05, 3.63) is 142 Å². The molecular weight excluding hydrogens is 464 g/mol. The summed E-state index contributed by atoms with van der Waals surface area (Å²) in [6.07, 6.45) is 0. The van der Waals surface area contributed by atoms with Crippen LogP contribution in [0.15, 0.2) is 120 Å². The molecule has 4 aromatic carbocycles. The SMILES string of the molecule is CN1C2=C3N(C)c4ccccc4N3CC3=C(CN2c2ccccc21)C1c2ccccc2C3c2ccccc21. The molecule has 0 amide bonds. The summed E-state index contributed by atoms with van der Waals surface area (Å²) in [5.41, 5.74) is 14.2. The van der Waals surface area contributed by atoms with Crippen molar-refractivity contribution >= 4 is 22.7 Å². The summed E-state index contributed by atoms with van der Waals surface area (Å²) >= 11 is 0. The molecule has 0 unspecified atom stereocenters. The Morgan fingerprint density at radius 1 is 0.447 bits per heavy atom. The van der Waals surface area contributed by atoms with Gasteiger partial charge in [0.15, 0.2) is 11.6 Å². The van der Waals surface area contributed by atoms with Crippen LogP contribution >= 0.6 is 0 Å². The van der Waals surface area contributed by atoms with E-state index in [1.54, 1.807) is 11.1 Å². The summed E-state index contributed by atoms with van der Waals surface area (Å²) in [7, 11) is 4.45. The number of fused-ring (bicyclic) bond motifs is 6. The van der Waals surface area contributed by atoms with Crippen LogP contribution in [0.5, 0.6) is 0 Å². The highest BCUT2D eigenvalue weighted by molar-refractivity contribution is 5.90. The fourth-order valence-corrected chi connectivity index (χ4v) is 7.89. The summed E-state index contributed by atoms with van der Waals surface area (Å²) in [4.78, 5) is 9.96. The van der Waals surface area contributed by atoms with Crippen LogP contribution < -0.4 is 19.6 Å². The zero-order chi connectivity index (χ0) is 25.1. The molecule has 0 atom stereocenters. The third kappa shape index (κ3) is 2.37. The maximum Gasteiger partial charge on any atom is 0.156 e. The minimum atomic E-state index is 0.291. The van der Waals surface area contributed by atoms with Gasteiger partial charge in [0.05, 0.1) is 22.7 Å². The van der Waals surface area contributed by atoms with E-state index in [2.05, 4.69) is 131 Å². The number of hydrogen-bond donors (Lipinski definition) is 0. The lowest BCUT2D eigenvalue weighted by molar-refractivity contribution is 0.672. The fourth-order valence-electron chi connectivity index (χ4n) is 7.89. The lowest BCUT2D eigenvalue weighted by Crippen LogP contribution is -2.44. The van der Waals surface area contributed by atoms with E-state index in [9.17, 15) is 0 Å². The van der Waals surface area contributed by atoms with Crippen molar-refractivity contribution < 1.29 is 0 Å². The summed E-state index contributed by atoms with van der Waals surface area (Å²) < 4.78 is 0. The summed E-state index contributed by atoms with van der Waals surface area (Å²) in [6.45, 7) is 1.80. The average molecular weight is 493 g/mol. The third-order valence-corrected chi connectivity index (χ3v) is 9.42. The molecule has 3 heterocycles. The number of benzene rings is 4. The molecule has 38 heavy (non-hydrogen) atoms. The molecule has 3 aliphatic carbocycles. The number of nitrogens with zero attached hydrogens (tertiary/aromatic N) is 4. The van der Waals surface area contributed by atoms with Crippen molar-refractivity contribution in [2.45, 2.75) is 11.8 Å². The molecule has 0 radical (unpaired) electrons. The van der Waals surface area contributed by atoms with E-state index in [1.807, 2.05) is 0 Å². The Morgan fingerprint density at radius 2 is 0.763 bits per heavy atom. The van der Waals surface area contributed by atoms with Crippen molar-refractivity contribution in [2.75, 3.05) is 46.8 Å². The molecule has 4 nitrogen and oxygen atoms in total. The van der Waals surface area contributed by atoms with Gasteiger partial charge in [0.1, 0.15) is 0 Å². The summed E-state index contributed by atoms with van der Waals surface area (Å²) in [5, 5.41) is 0. The molecule has 6 aliphatic rings. The number of anilines is 4. The molecular formula is C34H28N4. The first-order valence-corrected chi connectivity index (χ1v) is 13.6. The highest BCUT2D eigenvalue weighted by Gasteiger charge is 2.48. The molecule has 0 spiro atoms. The second kappa shape index (κ2) is 7.11. The molecule has 0 N–H and O–H groups in total. The Kier molecular flexibility index (Phi) is 3.85. The number of hydrogen-bond acceptors (Lipinski definition) is 4. The van der Waals surface area contributed by atoms with Crippen LogP contribution in [0.3, 0.4) is 0 Å². The van der Waals surface area contributed by atoms with Crippen LogP contribution in [0.2, 0.25) is 0 Å². The van der Waals surface area contributed by atoms with Crippen molar-refractivity contribution in [2.24, 2.45) is 0 Å². The second-order valence-electron chi connectivity index (χ2n) is 11.1. The molecule has 0 saturated heterocycles. The van der Waals surface area contributed by atoms with E-state index < -0.39 is 0 Å². The minimum absolute atomic E-state index is 0.291. The maximum absolute atomic E-state index is 2.58. The van der Waals surface area contributed by atoms with E-state index in [0.717, 1.165) is 13.1 Å². The molecule has 3 aliphatic heterocycles. The lowest BCUT2D eigenvalue weighted by Gasteiger charge is -2.47. The molecule has 4 heteroatoms. The van der Waals surface area contributed by atoms with Crippen molar-refractivity contribution in [1.82, 2.24) is 0 Å². The Balaban J connectivity index is 1.35. The van der Waals surface area contributed by atoms with E-state index in [4.69, 9.17) is 0 Å². The van der Waals surface area contributed by atoms with Crippen LogP contribution in [-0.2, 0) is 0 Å². The van der Waals surface area contributed by atoms with Gasteiger partial charge in [-0.05, 0) is 57.7 Å². The van der Waals surface area contributed by atoms with Gasteiger partial charge in [-0.3, -0.25) is 0 Å². The standard InChI is InChI=1S/C34H28N4/c1-35-27-15-7-9-17-29(27)37-19-25-26(20-38-30-18-10-8-16-28(30)36(2)34(38)33(35)37)32-23-13-5-3-11-21(23)31(25)22-12-4-6-14-24(22)32/h3-18,31-32H,19-20H2,1-2H3. The monoisotopic (exact) mass is 492 g/mol. The quantitative estimate of drug-likeness (QED) is 0.256. The fraction of sp³-hybridized carbons (Fsp3) is 0.176. The van der Waals surface area contributed by atoms with Crippen molar-refractivity contribution in [3.8, 4) is 0 Å². The molecule has 0 aromatic heterocycles. The molecule has 2 bridgehead atoms. The lowest BCUT2D eigenvalue weighted by atomic mass is 9.60. The van der Waals surface area contributed by atoms with Crippen LogP contribution in [0.4, 0.5) is 22.7 Å². The highest BCUT2D eigenvalue weighted by Crippen LogP contribution is 2.58.